The molecular weight excluding hydrogens is 278 g/mol. The lowest BCUT2D eigenvalue weighted by Crippen LogP contribution is -2.21. The average molecular weight is 290 g/mol. The Bertz CT molecular complexity index is 528. The van der Waals surface area contributed by atoms with Gasteiger partial charge in [-0.25, -0.2) is 0 Å². The van der Waals surface area contributed by atoms with Gasteiger partial charge in [0.05, 0.1) is 24.3 Å². The maximum Gasteiger partial charge on any atom is 0.274 e. The van der Waals surface area contributed by atoms with Crippen molar-refractivity contribution in [3.05, 3.63) is 27.8 Å². The summed E-state index contributed by atoms with van der Waals surface area (Å²) in [4.78, 5) is 10.0. The molecule has 0 spiro atoms. The maximum absolute atomic E-state index is 10.7. The van der Waals surface area contributed by atoms with Crippen LogP contribution in [0, 0.1) is 10.1 Å². The van der Waals surface area contributed by atoms with Crippen molar-refractivity contribution in [2.24, 2.45) is 21.7 Å². The van der Waals surface area contributed by atoms with E-state index in [4.69, 9.17) is 16.2 Å². The molecule has 1 aromatic rings. The summed E-state index contributed by atoms with van der Waals surface area (Å²) in [5.74, 6) is -0.615. The molecular formula is C9H12ClN5O4. The number of phenolic OH excluding ortho intramolecular Hbond substituents is 1. The highest BCUT2D eigenvalue weighted by molar-refractivity contribution is 5.87. The summed E-state index contributed by atoms with van der Waals surface area (Å²) < 4.78 is 4.80. The second kappa shape index (κ2) is 7.01. The molecule has 0 saturated heterocycles. The van der Waals surface area contributed by atoms with Gasteiger partial charge >= 0.3 is 0 Å². The number of phenols is 1. The normalized spacial score (nSPS) is 9.74. The summed E-state index contributed by atoms with van der Waals surface area (Å²) in [7, 11) is 1.27. The topological polar surface area (TPSA) is 149 Å². The van der Waals surface area contributed by atoms with Crippen LogP contribution >= 0.6 is 12.4 Å². The number of aromatic hydroxyl groups is 1. The van der Waals surface area contributed by atoms with Crippen molar-refractivity contribution < 1.29 is 14.8 Å². The third-order valence-corrected chi connectivity index (χ3v) is 1.89. The van der Waals surface area contributed by atoms with Gasteiger partial charge in [0.1, 0.15) is 0 Å². The minimum Gasteiger partial charge on any atom is -0.504 e. The number of rotatable bonds is 4. The monoisotopic (exact) mass is 289 g/mol. The lowest BCUT2D eigenvalue weighted by atomic mass is 10.2. The van der Waals surface area contributed by atoms with Gasteiger partial charge in [0, 0.05) is 11.6 Å². The number of guanidine groups is 1. The van der Waals surface area contributed by atoms with Gasteiger partial charge < -0.3 is 21.3 Å². The quantitative estimate of drug-likeness (QED) is 0.315. The number of non-ortho nitro benzene ring substituents is 1. The Hall–Kier alpha value is -2.55. The average Bonchev–Trinajstić information content (AvgIpc) is 2.30. The van der Waals surface area contributed by atoms with E-state index in [2.05, 4.69) is 10.2 Å². The van der Waals surface area contributed by atoms with Crippen molar-refractivity contribution in [1.29, 1.82) is 0 Å². The third-order valence-electron chi connectivity index (χ3n) is 1.89. The number of nitrogens with zero attached hydrogens (tertiary/aromatic N) is 3. The third kappa shape index (κ3) is 4.32. The Morgan fingerprint density at radius 3 is 2.63 bits per heavy atom. The van der Waals surface area contributed by atoms with Gasteiger partial charge in [-0.05, 0) is 0 Å². The summed E-state index contributed by atoms with van der Waals surface area (Å²) in [5, 5.41) is 27.1. The molecule has 0 aliphatic carbocycles. The number of hydrogen-bond acceptors (Lipinski definition) is 6. The Labute approximate surface area is 114 Å². The summed E-state index contributed by atoms with van der Waals surface area (Å²) >= 11 is 0. The first kappa shape index (κ1) is 16.4. The predicted octanol–water partition coefficient (Wildman–Crippen LogP) is 0.338. The van der Waals surface area contributed by atoms with Crippen LogP contribution < -0.4 is 16.2 Å². The van der Waals surface area contributed by atoms with Gasteiger partial charge in [0.2, 0.25) is 5.96 Å². The molecule has 0 amide bonds. The molecule has 0 radical (unpaired) electrons. The van der Waals surface area contributed by atoms with Gasteiger partial charge in [-0.3, -0.25) is 10.1 Å². The first-order chi connectivity index (χ1) is 8.45. The van der Waals surface area contributed by atoms with E-state index in [1.807, 2.05) is 0 Å². The van der Waals surface area contributed by atoms with Gasteiger partial charge in [-0.15, -0.1) is 17.5 Å². The molecule has 0 heterocycles. The highest BCUT2D eigenvalue weighted by Crippen LogP contribution is 2.33. The van der Waals surface area contributed by atoms with Crippen LogP contribution in [0.3, 0.4) is 0 Å². The molecule has 10 heteroatoms. The Balaban J connectivity index is 0.00000324. The molecule has 0 unspecified atom stereocenters. The second-order valence-electron chi connectivity index (χ2n) is 3.11. The predicted molar refractivity (Wildman–Crippen MR) is 72.0 cm³/mol. The molecule has 9 nitrogen and oxygen atoms in total. The molecule has 19 heavy (non-hydrogen) atoms. The molecule has 0 aromatic heterocycles. The van der Waals surface area contributed by atoms with E-state index in [0.717, 1.165) is 18.3 Å². The molecule has 104 valence electrons. The van der Waals surface area contributed by atoms with E-state index in [9.17, 15) is 15.2 Å². The van der Waals surface area contributed by atoms with E-state index >= 15 is 0 Å². The molecule has 0 fully saturated rings. The molecule has 0 saturated carbocycles. The van der Waals surface area contributed by atoms with Crippen molar-refractivity contribution in [3.8, 4) is 11.5 Å². The highest BCUT2D eigenvalue weighted by atomic mass is 35.5. The number of ether oxygens (including phenoxy) is 1. The van der Waals surface area contributed by atoms with Crippen molar-refractivity contribution in [2.75, 3.05) is 7.11 Å². The van der Waals surface area contributed by atoms with Crippen LogP contribution in [0.15, 0.2) is 22.3 Å². The van der Waals surface area contributed by atoms with Crippen LogP contribution in [0.1, 0.15) is 5.56 Å². The molecule has 1 aromatic carbocycles. The fraction of sp³-hybridized carbons (Fsp3) is 0.111. The van der Waals surface area contributed by atoms with Gasteiger partial charge in [0.25, 0.3) is 5.69 Å². The van der Waals surface area contributed by atoms with Crippen LogP contribution in [0.4, 0.5) is 5.69 Å². The van der Waals surface area contributed by atoms with E-state index in [-0.39, 0.29) is 41.1 Å². The fourth-order valence-corrected chi connectivity index (χ4v) is 1.13. The number of halogens is 1. The Kier molecular flexibility index (Phi) is 6.07. The van der Waals surface area contributed by atoms with Crippen LogP contribution in [0.25, 0.3) is 0 Å². The molecule has 0 atom stereocenters. The van der Waals surface area contributed by atoms with E-state index in [1.165, 1.54) is 7.11 Å². The summed E-state index contributed by atoms with van der Waals surface area (Å²) in [6.45, 7) is 0. The van der Waals surface area contributed by atoms with Crippen LogP contribution in [0.2, 0.25) is 0 Å². The zero-order chi connectivity index (χ0) is 13.7. The number of hydrogen-bond donors (Lipinski definition) is 3. The lowest BCUT2D eigenvalue weighted by molar-refractivity contribution is -0.385. The minimum absolute atomic E-state index is 0. The fourth-order valence-electron chi connectivity index (χ4n) is 1.13. The van der Waals surface area contributed by atoms with Crippen LogP contribution in [0.5, 0.6) is 11.5 Å². The van der Waals surface area contributed by atoms with Crippen LogP contribution in [-0.2, 0) is 0 Å². The van der Waals surface area contributed by atoms with Crippen molar-refractivity contribution >= 4 is 30.3 Å². The number of nitrogens with two attached hydrogens (primary N) is 2. The largest absolute Gasteiger partial charge is 0.504 e. The van der Waals surface area contributed by atoms with Crippen molar-refractivity contribution in [1.82, 2.24) is 0 Å². The number of methoxy groups -OCH3 is 1. The smallest absolute Gasteiger partial charge is 0.274 e. The molecule has 0 bridgehead atoms. The molecule has 0 aliphatic heterocycles. The highest BCUT2D eigenvalue weighted by Gasteiger charge is 2.15. The minimum atomic E-state index is -0.625. The van der Waals surface area contributed by atoms with E-state index in [1.54, 1.807) is 0 Å². The number of nitro benzene ring substituents is 1. The summed E-state index contributed by atoms with van der Waals surface area (Å²) in [6, 6.07) is 2.21. The second-order valence-corrected chi connectivity index (χ2v) is 3.11. The van der Waals surface area contributed by atoms with Gasteiger partial charge in [0.15, 0.2) is 11.5 Å². The number of benzene rings is 1. The van der Waals surface area contributed by atoms with Crippen LogP contribution in [-0.4, -0.2) is 29.3 Å². The first-order valence-electron chi connectivity index (χ1n) is 4.63. The van der Waals surface area contributed by atoms with Gasteiger partial charge in [-0.1, -0.05) is 0 Å². The SMILES string of the molecule is COc1cc([N+](=O)[O-])cc(/C=N/N=C(N)N)c1O.Cl. The number of nitro groups is 1. The maximum atomic E-state index is 10.7. The Morgan fingerprint density at radius 2 is 2.16 bits per heavy atom. The molecule has 1 rings (SSSR count). The lowest BCUT2D eigenvalue weighted by Gasteiger charge is -2.05. The van der Waals surface area contributed by atoms with E-state index in [0.29, 0.717) is 0 Å². The first-order valence-corrected chi connectivity index (χ1v) is 4.63. The zero-order valence-electron chi connectivity index (χ0n) is 9.81. The van der Waals surface area contributed by atoms with Crippen molar-refractivity contribution in [3.63, 3.8) is 0 Å². The Morgan fingerprint density at radius 1 is 1.53 bits per heavy atom. The van der Waals surface area contributed by atoms with Crippen molar-refractivity contribution in [2.45, 2.75) is 0 Å². The summed E-state index contributed by atoms with van der Waals surface area (Å²) in [6.07, 6.45) is 1.07. The standard InChI is InChI=1S/C9H11N5O4.ClH/c1-18-7-3-6(14(16)17)2-5(8(7)15)4-12-13-9(10)11;/h2-4,15H,1H3,(H4,10,11,13);1H/b12-4+;. The zero-order valence-corrected chi connectivity index (χ0v) is 10.6. The molecule has 5 N–H and O–H groups in total. The molecule has 0 aliphatic rings. The van der Waals surface area contributed by atoms with E-state index < -0.39 is 4.92 Å². The summed E-state index contributed by atoms with van der Waals surface area (Å²) in [5.41, 5.74) is 9.90. The van der Waals surface area contributed by atoms with Gasteiger partial charge in [-0.2, -0.15) is 5.10 Å².